The number of aromatic hydroxyl groups is 1. The lowest BCUT2D eigenvalue weighted by molar-refractivity contribution is 0.0954. The van der Waals surface area contributed by atoms with Gasteiger partial charge >= 0.3 is 0 Å². The van der Waals surface area contributed by atoms with E-state index in [1.807, 2.05) is 0 Å². The number of halogens is 1. The van der Waals surface area contributed by atoms with E-state index < -0.39 is 21.7 Å². The molecule has 2 N–H and O–H groups in total. The summed E-state index contributed by atoms with van der Waals surface area (Å²) in [7, 11) is -0.895. The molecule has 0 aromatic heterocycles. The molecule has 0 atom stereocenters. The summed E-state index contributed by atoms with van der Waals surface area (Å²) < 4.78 is 38.6. The Morgan fingerprint density at radius 3 is 2.54 bits per heavy atom. The van der Waals surface area contributed by atoms with Crippen molar-refractivity contribution in [3.8, 4) is 5.75 Å². The van der Waals surface area contributed by atoms with Gasteiger partial charge in [-0.2, -0.15) is 5.10 Å². The van der Waals surface area contributed by atoms with Gasteiger partial charge in [-0.15, -0.1) is 0 Å². The van der Waals surface area contributed by atoms with Crippen LogP contribution in [0.4, 0.5) is 4.39 Å². The molecule has 0 bridgehead atoms. The van der Waals surface area contributed by atoms with E-state index in [-0.39, 0.29) is 27.5 Å². The third kappa shape index (κ3) is 4.24. The molecule has 0 heterocycles. The Labute approximate surface area is 150 Å². The Morgan fingerprint density at radius 1 is 1.19 bits per heavy atom. The van der Waals surface area contributed by atoms with Gasteiger partial charge in [0.1, 0.15) is 11.6 Å². The number of hydrogen-bond acceptors (Lipinski definition) is 5. The van der Waals surface area contributed by atoms with Gasteiger partial charge in [-0.3, -0.25) is 4.79 Å². The molecule has 26 heavy (non-hydrogen) atoms. The van der Waals surface area contributed by atoms with Crippen molar-refractivity contribution in [1.82, 2.24) is 9.73 Å². The first-order valence-corrected chi connectivity index (χ1v) is 8.93. The predicted octanol–water partition coefficient (Wildman–Crippen LogP) is 1.94. The fraction of sp³-hybridized carbons (Fsp3) is 0.176. The molecule has 0 aliphatic heterocycles. The predicted molar refractivity (Wildman–Crippen MR) is 95.1 cm³/mol. The van der Waals surface area contributed by atoms with Crippen LogP contribution in [0.25, 0.3) is 0 Å². The highest BCUT2D eigenvalue weighted by molar-refractivity contribution is 7.89. The first-order valence-electron chi connectivity index (χ1n) is 7.49. The third-order valence-electron chi connectivity index (χ3n) is 3.55. The second-order valence-corrected chi connectivity index (χ2v) is 7.77. The number of rotatable bonds is 5. The maximum atomic E-state index is 13.3. The molecule has 2 rings (SSSR count). The number of nitrogens with zero attached hydrogens (tertiary/aromatic N) is 2. The van der Waals surface area contributed by atoms with E-state index in [9.17, 15) is 22.7 Å². The van der Waals surface area contributed by atoms with Crippen molar-refractivity contribution in [2.24, 2.45) is 5.10 Å². The highest BCUT2D eigenvalue weighted by atomic mass is 32.2. The second-order valence-electron chi connectivity index (χ2n) is 5.61. The Balaban J connectivity index is 2.24. The molecule has 0 saturated carbocycles. The number of amides is 1. The molecular formula is C17H18FN3O4S. The van der Waals surface area contributed by atoms with Gasteiger partial charge in [0.05, 0.1) is 10.6 Å². The van der Waals surface area contributed by atoms with Crippen molar-refractivity contribution in [2.75, 3.05) is 14.1 Å². The van der Waals surface area contributed by atoms with E-state index in [2.05, 4.69) is 10.5 Å². The van der Waals surface area contributed by atoms with E-state index in [1.54, 1.807) is 0 Å². The number of phenolic OH excluding ortho intramolecular Hbond substituents is 1. The van der Waals surface area contributed by atoms with E-state index >= 15 is 0 Å². The monoisotopic (exact) mass is 379 g/mol. The lowest BCUT2D eigenvalue weighted by Gasteiger charge is -2.12. The van der Waals surface area contributed by atoms with Gasteiger partial charge < -0.3 is 5.11 Å². The smallest absolute Gasteiger partial charge is 0.271 e. The maximum absolute atomic E-state index is 13.3. The van der Waals surface area contributed by atoms with Crippen LogP contribution in [0.1, 0.15) is 22.8 Å². The van der Waals surface area contributed by atoms with E-state index in [4.69, 9.17) is 0 Å². The average Bonchev–Trinajstić information content (AvgIpc) is 2.61. The zero-order chi connectivity index (χ0) is 19.5. The summed E-state index contributed by atoms with van der Waals surface area (Å²) in [6.45, 7) is 1.49. The number of nitrogens with one attached hydrogen (secondary N) is 1. The third-order valence-corrected chi connectivity index (χ3v) is 5.36. The molecule has 0 fully saturated rings. The molecule has 0 unspecified atom stereocenters. The minimum Gasteiger partial charge on any atom is -0.507 e. The molecule has 2 aromatic rings. The number of phenols is 1. The molecule has 0 spiro atoms. The maximum Gasteiger partial charge on any atom is 0.271 e. The molecule has 0 saturated heterocycles. The molecule has 9 heteroatoms. The molecule has 2 aromatic carbocycles. The summed E-state index contributed by atoms with van der Waals surface area (Å²) >= 11 is 0. The first-order chi connectivity index (χ1) is 12.1. The van der Waals surface area contributed by atoms with Gasteiger partial charge in [0, 0.05) is 25.2 Å². The number of hydrogen-bond donors (Lipinski definition) is 2. The fourth-order valence-electron chi connectivity index (χ4n) is 2.07. The highest BCUT2D eigenvalue weighted by Gasteiger charge is 2.18. The lowest BCUT2D eigenvalue weighted by Crippen LogP contribution is -2.23. The Bertz CT molecular complexity index is 972. The summed E-state index contributed by atoms with van der Waals surface area (Å²) in [5.74, 6) is -1.38. The Hall–Kier alpha value is -2.78. The van der Waals surface area contributed by atoms with Crippen molar-refractivity contribution in [2.45, 2.75) is 11.8 Å². The van der Waals surface area contributed by atoms with Crippen LogP contribution in [0.2, 0.25) is 0 Å². The number of benzene rings is 2. The zero-order valence-corrected chi connectivity index (χ0v) is 15.2. The highest BCUT2D eigenvalue weighted by Crippen LogP contribution is 2.19. The van der Waals surface area contributed by atoms with Gasteiger partial charge in [-0.25, -0.2) is 22.5 Å². The summed E-state index contributed by atoms with van der Waals surface area (Å²) in [6.07, 6.45) is 0. The molecule has 0 radical (unpaired) electrons. The quantitative estimate of drug-likeness (QED) is 0.613. The van der Waals surface area contributed by atoms with Crippen LogP contribution >= 0.6 is 0 Å². The first kappa shape index (κ1) is 19.5. The van der Waals surface area contributed by atoms with Crippen LogP contribution in [-0.2, 0) is 10.0 Å². The normalized spacial score (nSPS) is 12.3. The van der Waals surface area contributed by atoms with Gasteiger partial charge in [-0.1, -0.05) is 6.07 Å². The molecule has 7 nitrogen and oxygen atoms in total. The largest absolute Gasteiger partial charge is 0.507 e. The van der Waals surface area contributed by atoms with Crippen LogP contribution < -0.4 is 5.43 Å². The van der Waals surface area contributed by atoms with Crippen molar-refractivity contribution in [3.63, 3.8) is 0 Å². The van der Waals surface area contributed by atoms with Crippen LogP contribution in [0.3, 0.4) is 0 Å². The van der Waals surface area contributed by atoms with Gasteiger partial charge in [0.25, 0.3) is 5.91 Å². The Morgan fingerprint density at radius 2 is 1.88 bits per heavy atom. The van der Waals surface area contributed by atoms with Crippen molar-refractivity contribution in [1.29, 1.82) is 0 Å². The molecule has 0 aliphatic rings. The average molecular weight is 379 g/mol. The summed E-state index contributed by atoms with van der Waals surface area (Å²) in [5, 5.41) is 13.6. The zero-order valence-electron chi connectivity index (χ0n) is 14.4. The lowest BCUT2D eigenvalue weighted by atomic mass is 10.1. The van der Waals surface area contributed by atoms with Gasteiger partial charge in [0.2, 0.25) is 10.0 Å². The standard InChI is InChI=1S/C17H18FN3O4S/c1-11(15-10-13(18)7-8-16(15)22)19-20-17(23)12-5-4-6-14(9-12)26(24,25)21(2)3/h4-10,22H,1-3H3,(H,20,23)/b19-11+. The van der Waals surface area contributed by atoms with Crippen LogP contribution in [-0.4, -0.2) is 43.5 Å². The Kier molecular flexibility index (Phi) is 5.73. The molecular weight excluding hydrogens is 361 g/mol. The molecule has 138 valence electrons. The molecule has 0 aliphatic carbocycles. The minimum atomic E-state index is -3.67. The minimum absolute atomic E-state index is 0.0290. The van der Waals surface area contributed by atoms with Gasteiger partial charge in [-0.05, 0) is 43.3 Å². The van der Waals surface area contributed by atoms with E-state index in [1.165, 1.54) is 51.4 Å². The summed E-state index contributed by atoms with van der Waals surface area (Å²) in [5.41, 5.74) is 2.67. The number of carbonyl (C=O) groups is 1. The van der Waals surface area contributed by atoms with Gasteiger partial charge in [0.15, 0.2) is 0 Å². The molecule has 1 amide bonds. The SMILES string of the molecule is C/C(=N\NC(=O)c1cccc(S(=O)(=O)N(C)C)c1)c1cc(F)ccc1O. The summed E-state index contributed by atoms with van der Waals surface area (Å²) in [6, 6.07) is 8.86. The van der Waals surface area contributed by atoms with E-state index in [0.29, 0.717) is 0 Å². The van der Waals surface area contributed by atoms with E-state index in [0.717, 1.165) is 16.4 Å². The van der Waals surface area contributed by atoms with Crippen LogP contribution in [0, 0.1) is 5.82 Å². The topological polar surface area (TPSA) is 99.1 Å². The van der Waals surface area contributed by atoms with Crippen LogP contribution in [0.15, 0.2) is 52.5 Å². The fourth-order valence-corrected chi connectivity index (χ4v) is 3.01. The van der Waals surface area contributed by atoms with Crippen molar-refractivity contribution < 1.29 is 22.7 Å². The number of carbonyl (C=O) groups excluding carboxylic acids is 1. The number of hydrazone groups is 1. The van der Waals surface area contributed by atoms with Crippen LogP contribution in [0.5, 0.6) is 5.75 Å². The number of sulfonamides is 1. The summed E-state index contributed by atoms with van der Waals surface area (Å²) in [4.78, 5) is 12.2. The van der Waals surface area contributed by atoms with Crippen molar-refractivity contribution in [3.05, 3.63) is 59.4 Å². The second kappa shape index (κ2) is 7.63. The van der Waals surface area contributed by atoms with Crippen molar-refractivity contribution >= 4 is 21.6 Å².